The Bertz CT molecular complexity index is 489. The molecule has 3 unspecified atom stereocenters. The molecule has 0 aliphatic carbocycles. The van der Waals surface area contributed by atoms with Crippen LogP contribution in [0.25, 0.3) is 0 Å². The molecule has 1 aromatic carbocycles. The first-order valence-electron chi connectivity index (χ1n) is 7.03. The van der Waals surface area contributed by atoms with Crippen molar-refractivity contribution in [1.29, 1.82) is 0 Å². The molecule has 0 spiro atoms. The maximum atomic E-state index is 12.6. The standard InChI is InChI=1S/C15H19F3N2O/c1-3-12-19-13(11-7-5-4-6-8-11)14(21)20(12)10(2)9-15(16,17)18/h4-8,10,12-13,19H,3,9H2,1-2H3. The van der Waals surface area contributed by atoms with E-state index in [0.717, 1.165) is 5.56 Å². The summed E-state index contributed by atoms with van der Waals surface area (Å²) in [6.45, 7) is 3.30. The summed E-state index contributed by atoms with van der Waals surface area (Å²) < 4.78 is 37.7. The lowest BCUT2D eigenvalue weighted by Crippen LogP contribution is -2.44. The Balaban J connectivity index is 2.20. The Hall–Kier alpha value is -1.56. The molecular formula is C15H19F3N2O. The van der Waals surface area contributed by atoms with Crippen molar-refractivity contribution in [2.45, 2.75) is 51.1 Å². The van der Waals surface area contributed by atoms with Crippen LogP contribution in [0.1, 0.15) is 38.3 Å². The van der Waals surface area contributed by atoms with Gasteiger partial charge in [0.25, 0.3) is 0 Å². The van der Waals surface area contributed by atoms with Gasteiger partial charge < -0.3 is 4.90 Å². The van der Waals surface area contributed by atoms with Crippen LogP contribution in [0.2, 0.25) is 0 Å². The van der Waals surface area contributed by atoms with E-state index in [1.165, 1.54) is 11.8 Å². The smallest absolute Gasteiger partial charge is 0.322 e. The molecule has 3 nitrogen and oxygen atoms in total. The first-order chi connectivity index (χ1) is 9.83. The minimum Gasteiger partial charge on any atom is -0.322 e. The summed E-state index contributed by atoms with van der Waals surface area (Å²) in [5.74, 6) is -0.287. The molecule has 21 heavy (non-hydrogen) atoms. The number of alkyl halides is 3. The highest BCUT2D eigenvalue weighted by Gasteiger charge is 2.44. The largest absolute Gasteiger partial charge is 0.391 e. The Morgan fingerprint density at radius 3 is 2.43 bits per heavy atom. The van der Waals surface area contributed by atoms with Crippen LogP contribution < -0.4 is 5.32 Å². The zero-order valence-electron chi connectivity index (χ0n) is 12.0. The number of carbonyl (C=O) groups excluding carboxylic acids is 1. The summed E-state index contributed by atoms with van der Waals surface area (Å²) in [7, 11) is 0. The quantitative estimate of drug-likeness (QED) is 0.926. The Morgan fingerprint density at radius 2 is 1.90 bits per heavy atom. The van der Waals surface area contributed by atoms with Gasteiger partial charge in [-0.1, -0.05) is 37.3 Å². The van der Waals surface area contributed by atoms with Crippen molar-refractivity contribution >= 4 is 5.91 Å². The average Bonchev–Trinajstić information content (AvgIpc) is 2.75. The van der Waals surface area contributed by atoms with Gasteiger partial charge in [0.1, 0.15) is 6.04 Å². The van der Waals surface area contributed by atoms with Crippen LogP contribution in [-0.4, -0.2) is 29.2 Å². The van der Waals surface area contributed by atoms with Crippen LogP contribution in [0.15, 0.2) is 30.3 Å². The van der Waals surface area contributed by atoms with Gasteiger partial charge in [0.05, 0.1) is 12.6 Å². The van der Waals surface area contributed by atoms with E-state index in [1.807, 2.05) is 25.1 Å². The van der Waals surface area contributed by atoms with Gasteiger partial charge in [-0.2, -0.15) is 13.2 Å². The minimum atomic E-state index is -4.27. The van der Waals surface area contributed by atoms with Crippen molar-refractivity contribution < 1.29 is 18.0 Å². The molecule has 1 fully saturated rings. The molecular weight excluding hydrogens is 281 g/mol. The van der Waals surface area contributed by atoms with Gasteiger partial charge in [-0.05, 0) is 18.9 Å². The van der Waals surface area contributed by atoms with E-state index < -0.39 is 24.7 Å². The van der Waals surface area contributed by atoms with E-state index in [-0.39, 0.29) is 12.1 Å². The number of amides is 1. The van der Waals surface area contributed by atoms with Gasteiger partial charge in [0.15, 0.2) is 0 Å². The molecule has 1 amide bonds. The summed E-state index contributed by atoms with van der Waals surface area (Å²) in [6, 6.07) is 7.64. The first-order valence-corrected chi connectivity index (χ1v) is 7.03. The number of hydrogen-bond donors (Lipinski definition) is 1. The molecule has 0 bridgehead atoms. The molecule has 116 valence electrons. The van der Waals surface area contributed by atoms with E-state index in [2.05, 4.69) is 5.32 Å². The van der Waals surface area contributed by atoms with Gasteiger partial charge >= 0.3 is 6.18 Å². The second kappa shape index (κ2) is 6.05. The zero-order valence-corrected chi connectivity index (χ0v) is 12.0. The predicted octanol–water partition coefficient (Wildman–Crippen LogP) is 3.24. The summed E-state index contributed by atoms with van der Waals surface area (Å²) in [4.78, 5) is 13.8. The number of nitrogens with one attached hydrogen (secondary N) is 1. The normalized spacial score (nSPS) is 24.4. The van der Waals surface area contributed by atoms with Crippen LogP contribution in [-0.2, 0) is 4.79 Å². The van der Waals surface area contributed by atoms with Crippen LogP contribution in [0.3, 0.4) is 0 Å². The molecule has 0 aromatic heterocycles. The Kier molecular flexibility index (Phi) is 4.56. The number of nitrogens with zero attached hydrogens (tertiary/aromatic N) is 1. The SMILES string of the molecule is CCC1NC(c2ccccc2)C(=O)N1C(C)CC(F)(F)F. The number of carbonyl (C=O) groups is 1. The molecule has 3 atom stereocenters. The van der Waals surface area contributed by atoms with Crippen molar-refractivity contribution in [3.8, 4) is 0 Å². The third kappa shape index (κ3) is 3.56. The number of hydrogen-bond acceptors (Lipinski definition) is 2. The number of benzene rings is 1. The minimum absolute atomic E-state index is 0.287. The van der Waals surface area contributed by atoms with Crippen LogP contribution in [0.4, 0.5) is 13.2 Å². The van der Waals surface area contributed by atoms with Gasteiger partial charge in [-0.3, -0.25) is 10.1 Å². The maximum Gasteiger partial charge on any atom is 0.391 e. The highest BCUT2D eigenvalue weighted by Crippen LogP contribution is 2.31. The fourth-order valence-electron chi connectivity index (χ4n) is 2.80. The van der Waals surface area contributed by atoms with Gasteiger partial charge in [-0.25, -0.2) is 0 Å². The van der Waals surface area contributed by atoms with Crippen LogP contribution >= 0.6 is 0 Å². The molecule has 1 aromatic rings. The van der Waals surface area contributed by atoms with E-state index in [1.54, 1.807) is 12.1 Å². The van der Waals surface area contributed by atoms with Crippen LogP contribution in [0.5, 0.6) is 0 Å². The summed E-state index contributed by atoms with van der Waals surface area (Å²) in [5, 5.41) is 3.13. The van der Waals surface area contributed by atoms with Crippen molar-refractivity contribution in [3.63, 3.8) is 0 Å². The lowest BCUT2D eigenvalue weighted by Gasteiger charge is -2.30. The fraction of sp³-hybridized carbons (Fsp3) is 0.533. The molecule has 0 saturated carbocycles. The molecule has 1 aliphatic heterocycles. The van der Waals surface area contributed by atoms with Gasteiger partial charge in [0.2, 0.25) is 5.91 Å². The lowest BCUT2D eigenvalue weighted by atomic mass is 10.1. The van der Waals surface area contributed by atoms with E-state index >= 15 is 0 Å². The number of rotatable bonds is 4. The van der Waals surface area contributed by atoms with Crippen molar-refractivity contribution in [2.75, 3.05) is 0 Å². The molecule has 1 N–H and O–H groups in total. The van der Waals surface area contributed by atoms with E-state index in [4.69, 9.17) is 0 Å². The topological polar surface area (TPSA) is 32.3 Å². The summed E-state index contributed by atoms with van der Waals surface area (Å²) in [6.07, 6.45) is -5.06. The number of halogens is 3. The molecule has 2 rings (SSSR count). The predicted molar refractivity (Wildman–Crippen MR) is 73.4 cm³/mol. The summed E-state index contributed by atoms with van der Waals surface area (Å²) in [5.41, 5.74) is 0.780. The second-order valence-electron chi connectivity index (χ2n) is 5.35. The van der Waals surface area contributed by atoms with Crippen molar-refractivity contribution in [1.82, 2.24) is 10.2 Å². The third-order valence-corrected chi connectivity index (χ3v) is 3.72. The average molecular weight is 300 g/mol. The van der Waals surface area contributed by atoms with Gasteiger partial charge in [0, 0.05) is 6.04 Å². The first kappa shape index (κ1) is 15.8. The molecule has 1 heterocycles. The van der Waals surface area contributed by atoms with Gasteiger partial charge in [-0.15, -0.1) is 0 Å². The molecule has 1 aliphatic rings. The fourth-order valence-corrected chi connectivity index (χ4v) is 2.80. The highest BCUT2D eigenvalue weighted by molar-refractivity contribution is 5.86. The maximum absolute atomic E-state index is 12.6. The van der Waals surface area contributed by atoms with Crippen molar-refractivity contribution in [2.24, 2.45) is 0 Å². The molecule has 0 radical (unpaired) electrons. The molecule has 6 heteroatoms. The van der Waals surface area contributed by atoms with E-state index in [9.17, 15) is 18.0 Å². The molecule has 1 saturated heterocycles. The lowest BCUT2D eigenvalue weighted by molar-refractivity contribution is -0.153. The Morgan fingerprint density at radius 1 is 1.29 bits per heavy atom. The third-order valence-electron chi connectivity index (χ3n) is 3.72. The highest BCUT2D eigenvalue weighted by atomic mass is 19.4. The summed E-state index contributed by atoms with van der Waals surface area (Å²) >= 11 is 0. The second-order valence-corrected chi connectivity index (χ2v) is 5.35. The van der Waals surface area contributed by atoms with E-state index in [0.29, 0.717) is 6.42 Å². The zero-order chi connectivity index (χ0) is 15.6. The monoisotopic (exact) mass is 300 g/mol. The Labute approximate surface area is 122 Å². The van der Waals surface area contributed by atoms with Crippen molar-refractivity contribution in [3.05, 3.63) is 35.9 Å². The van der Waals surface area contributed by atoms with Crippen LogP contribution in [0, 0.1) is 0 Å².